The predicted octanol–water partition coefficient (Wildman–Crippen LogP) is 3.65. The number of hydrogen-bond acceptors (Lipinski definition) is 6. The maximum absolute atomic E-state index is 13.8. The van der Waals surface area contributed by atoms with E-state index < -0.39 is 33.4 Å². The van der Waals surface area contributed by atoms with Crippen LogP contribution in [0.4, 0.5) is 11.4 Å². The standard InChI is InChI=1S/C27H30N4O6S/c1-4-25(27(33)28-3)29(18-21-10-8-9-20(2)17-21)26(32)19-30(22-13-15-23(16-14-22)31(34)35)38(36,37)24-11-6-5-7-12-24/h5-17,25H,4,18-19H2,1-3H3,(H,28,33)/t25-/m1/s1. The lowest BCUT2D eigenvalue weighted by Crippen LogP contribution is -2.51. The van der Waals surface area contributed by atoms with Crippen LogP contribution < -0.4 is 9.62 Å². The summed E-state index contributed by atoms with van der Waals surface area (Å²) in [5.41, 5.74) is 1.62. The third-order valence-corrected chi connectivity index (χ3v) is 7.81. The minimum atomic E-state index is -4.24. The van der Waals surface area contributed by atoms with E-state index in [4.69, 9.17) is 0 Å². The van der Waals surface area contributed by atoms with Crippen LogP contribution in [0.1, 0.15) is 24.5 Å². The molecule has 11 heteroatoms. The van der Waals surface area contributed by atoms with E-state index in [1.807, 2.05) is 31.2 Å². The van der Waals surface area contributed by atoms with Crippen LogP contribution in [-0.4, -0.2) is 49.7 Å². The summed E-state index contributed by atoms with van der Waals surface area (Å²) in [6.45, 7) is 3.15. The number of sulfonamides is 1. The number of likely N-dealkylation sites (N-methyl/N-ethyl adjacent to an activating group) is 1. The fourth-order valence-corrected chi connectivity index (χ4v) is 5.52. The normalized spacial score (nSPS) is 11.9. The topological polar surface area (TPSA) is 130 Å². The van der Waals surface area contributed by atoms with Gasteiger partial charge in [0, 0.05) is 25.7 Å². The van der Waals surface area contributed by atoms with Crippen molar-refractivity contribution in [2.75, 3.05) is 17.9 Å². The molecule has 3 aromatic rings. The molecule has 0 aliphatic carbocycles. The molecule has 1 N–H and O–H groups in total. The number of carbonyl (C=O) groups excluding carboxylic acids is 2. The van der Waals surface area contributed by atoms with Crippen molar-refractivity contribution in [1.82, 2.24) is 10.2 Å². The zero-order chi connectivity index (χ0) is 27.9. The zero-order valence-electron chi connectivity index (χ0n) is 21.4. The lowest BCUT2D eigenvalue weighted by Gasteiger charge is -2.33. The molecule has 3 aromatic carbocycles. The first-order chi connectivity index (χ1) is 18.1. The third kappa shape index (κ3) is 6.54. The van der Waals surface area contributed by atoms with Gasteiger partial charge in [-0.1, -0.05) is 55.0 Å². The van der Waals surface area contributed by atoms with Crippen molar-refractivity contribution in [2.24, 2.45) is 0 Å². The van der Waals surface area contributed by atoms with Gasteiger partial charge in [-0.25, -0.2) is 8.42 Å². The molecule has 0 bridgehead atoms. The molecule has 0 aliphatic heterocycles. The first kappa shape index (κ1) is 28.3. The summed E-state index contributed by atoms with van der Waals surface area (Å²) in [5.74, 6) is -0.971. The van der Waals surface area contributed by atoms with E-state index in [0.29, 0.717) is 6.42 Å². The Labute approximate surface area is 222 Å². The van der Waals surface area contributed by atoms with E-state index in [1.54, 1.807) is 25.1 Å². The highest BCUT2D eigenvalue weighted by Gasteiger charge is 2.33. The number of anilines is 1. The van der Waals surface area contributed by atoms with Crippen LogP contribution in [-0.2, 0) is 26.2 Å². The fraction of sp³-hybridized carbons (Fsp3) is 0.259. The van der Waals surface area contributed by atoms with Crippen LogP contribution in [0.2, 0.25) is 0 Å². The van der Waals surface area contributed by atoms with Gasteiger partial charge >= 0.3 is 0 Å². The Morgan fingerprint density at radius 3 is 2.21 bits per heavy atom. The minimum Gasteiger partial charge on any atom is -0.357 e. The number of hydrogen-bond donors (Lipinski definition) is 1. The average molecular weight is 539 g/mol. The van der Waals surface area contributed by atoms with Gasteiger partial charge in [-0.15, -0.1) is 0 Å². The van der Waals surface area contributed by atoms with E-state index in [2.05, 4.69) is 5.32 Å². The molecule has 0 aliphatic rings. The van der Waals surface area contributed by atoms with Gasteiger partial charge in [0.1, 0.15) is 12.6 Å². The molecule has 0 fully saturated rings. The second-order valence-electron chi connectivity index (χ2n) is 8.65. The minimum absolute atomic E-state index is 0.0465. The summed E-state index contributed by atoms with van der Waals surface area (Å²) >= 11 is 0. The SMILES string of the molecule is CC[C@H](C(=O)NC)N(Cc1cccc(C)c1)C(=O)CN(c1ccc([N+](=O)[O-])cc1)S(=O)(=O)c1ccccc1. The van der Waals surface area contributed by atoms with E-state index in [0.717, 1.165) is 15.4 Å². The molecule has 0 heterocycles. The molecule has 0 radical (unpaired) electrons. The Morgan fingerprint density at radius 2 is 1.66 bits per heavy atom. The van der Waals surface area contributed by atoms with Gasteiger partial charge in [-0.3, -0.25) is 24.0 Å². The summed E-state index contributed by atoms with van der Waals surface area (Å²) < 4.78 is 28.3. The second kappa shape index (κ2) is 12.3. The number of nitrogens with one attached hydrogen (secondary N) is 1. The van der Waals surface area contributed by atoms with Crippen LogP contribution in [0.15, 0.2) is 83.8 Å². The van der Waals surface area contributed by atoms with E-state index in [1.165, 1.54) is 48.3 Å². The number of aryl methyl sites for hydroxylation is 1. The highest BCUT2D eigenvalue weighted by Crippen LogP contribution is 2.26. The van der Waals surface area contributed by atoms with E-state index >= 15 is 0 Å². The zero-order valence-corrected chi connectivity index (χ0v) is 22.2. The van der Waals surface area contributed by atoms with Gasteiger partial charge in [0.25, 0.3) is 15.7 Å². The van der Waals surface area contributed by atoms with Crippen molar-refractivity contribution < 1.29 is 22.9 Å². The summed E-state index contributed by atoms with van der Waals surface area (Å²) in [5, 5.41) is 13.7. The van der Waals surface area contributed by atoms with Crippen molar-refractivity contribution in [3.05, 3.63) is 100 Å². The molecule has 3 rings (SSSR count). The average Bonchev–Trinajstić information content (AvgIpc) is 2.91. The molecule has 10 nitrogen and oxygen atoms in total. The molecule has 0 saturated heterocycles. The van der Waals surface area contributed by atoms with Gasteiger partial charge in [0.2, 0.25) is 11.8 Å². The summed E-state index contributed by atoms with van der Waals surface area (Å²) in [6, 6.07) is 19.2. The predicted molar refractivity (Wildman–Crippen MR) is 144 cm³/mol. The number of carbonyl (C=O) groups is 2. The monoisotopic (exact) mass is 538 g/mol. The van der Waals surface area contributed by atoms with E-state index in [9.17, 15) is 28.1 Å². The number of non-ortho nitro benzene ring substituents is 1. The Balaban J connectivity index is 2.06. The van der Waals surface area contributed by atoms with Crippen molar-refractivity contribution >= 4 is 33.2 Å². The summed E-state index contributed by atoms with van der Waals surface area (Å²) in [7, 11) is -2.76. The Bertz CT molecular complexity index is 1390. The highest BCUT2D eigenvalue weighted by atomic mass is 32.2. The fourth-order valence-electron chi connectivity index (χ4n) is 4.08. The number of amides is 2. The largest absolute Gasteiger partial charge is 0.357 e. The first-order valence-electron chi connectivity index (χ1n) is 12.0. The van der Waals surface area contributed by atoms with Crippen molar-refractivity contribution in [1.29, 1.82) is 0 Å². The lowest BCUT2D eigenvalue weighted by atomic mass is 10.1. The molecule has 0 saturated carbocycles. The molecule has 200 valence electrons. The number of benzene rings is 3. The number of nitro benzene ring substituents is 1. The van der Waals surface area contributed by atoms with Gasteiger partial charge in [0.15, 0.2) is 0 Å². The van der Waals surface area contributed by atoms with Crippen molar-refractivity contribution in [3.63, 3.8) is 0 Å². The quantitative estimate of drug-likeness (QED) is 0.293. The second-order valence-corrected chi connectivity index (χ2v) is 10.5. The maximum atomic E-state index is 13.8. The molecule has 38 heavy (non-hydrogen) atoms. The van der Waals surface area contributed by atoms with Gasteiger partial charge in [0.05, 0.1) is 15.5 Å². The molecule has 2 amide bonds. The molecule has 0 aromatic heterocycles. The van der Waals surface area contributed by atoms with Gasteiger partial charge < -0.3 is 10.2 Å². The number of nitro groups is 1. The van der Waals surface area contributed by atoms with Gasteiger partial charge in [-0.05, 0) is 43.2 Å². The number of rotatable bonds is 11. The molecule has 0 unspecified atom stereocenters. The van der Waals surface area contributed by atoms with Crippen LogP contribution in [0.25, 0.3) is 0 Å². The lowest BCUT2D eigenvalue weighted by molar-refractivity contribution is -0.384. The summed E-state index contributed by atoms with van der Waals surface area (Å²) in [6.07, 6.45) is 0.306. The molecule has 1 atom stereocenters. The Morgan fingerprint density at radius 1 is 1.00 bits per heavy atom. The van der Waals surface area contributed by atoms with Crippen LogP contribution >= 0.6 is 0 Å². The molecular formula is C27H30N4O6S. The maximum Gasteiger partial charge on any atom is 0.269 e. The third-order valence-electron chi connectivity index (χ3n) is 6.03. The first-order valence-corrected chi connectivity index (χ1v) is 13.4. The van der Waals surface area contributed by atoms with Crippen LogP contribution in [0.5, 0.6) is 0 Å². The number of nitrogens with zero attached hydrogens (tertiary/aromatic N) is 3. The van der Waals surface area contributed by atoms with Gasteiger partial charge in [-0.2, -0.15) is 0 Å². The highest BCUT2D eigenvalue weighted by molar-refractivity contribution is 7.92. The summed E-state index contributed by atoms with van der Waals surface area (Å²) in [4.78, 5) is 38.4. The molecule has 0 spiro atoms. The Hall–Kier alpha value is -4.25. The molecular weight excluding hydrogens is 508 g/mol. The van der Waals surface area contributed by atoms with Crippen molar-refractivity contribution in [3.8, 4) is 0 Å². The van der Waals surface area contributed by atoms with Crippen LogP contribution in [0.3, 0.4) is 0 Å². The van der Waals surface area contributed by atoms with E-state index in [-0.39, 0.29) is 28.7 Å². The Kier molecular flexibility index (Phi) is 9.19. The smallest absolute Gasteiger partial charge is 0.269 e. The van der Waals surface area contributed by atoms with Crippen molar-refractivity contribution in [2.45, 2.75) is 37.8 Å². The van der Waals surface area contributed by atoms with Crippen LogP contribution in [0, 0.1) is 17.0 Å².